The molecule has 0 bridgehead atoms. The number of hydrogen-bond acceptors (Lipinski definition) is 6. The zero-order chi connectivity index (χ0) is 23.6. The third-order valence-electron chi connectivity index (χ3n) is 5.43. The summed E-state index contributed by atoms with van der Waals surface area (Å²) in [5, 5.41) is 0. The third-order valence-corrected chi connectivity index (χ3v) is 7.90. The van der Waals surface area contributed by atoms with Crippen LogP contribution in [0.15, 0.2) is 53.5 Å². The predicted octanol–water partition coefficient (Wildman–Crippen LogP) is 1.57. The monoisotopic (exact) mass is 490 g/mol. The van der Waals surface area contributed by atoms with Gasteiger partial charge in [0.05, 0.1) is 10.2 Å². The Morgan fingerprint density at radius 2 is 1.73 bits per heavy atom. The summed E-state index contributed by atoms with van der Waals surface area (Å²) in [4.78, 5) is 32.7. The fraction of sp³-hybridized carbons (Fsp3) is 0.318. The van der Waals surface area contributed by atoms with Crippen LogP contribution < -0.4 is 9.70 Å². The number of piperazine rings is 1. The van der Waals surface area contributed by atoms with E-state index in [-0.39, 0.29) is 4.80 Å². The van der Waals surface area contributed by atoms with Crippen molar-refractivity contribution in [3.05, 3.63) is 59.1 Å². The second-order valence-corrected chi connectivity index (χ2v) is 10.9. The van der Waals surface area contributed by atoms with Crippen molar-refractivity contribution >= 4 is 48.9 Å². The van der Waals surface area contributed by atoms with E-state index < -0.39 is 39.0 Å². The number of thiazole rings is 1. The number of rotatable bonds is 5. The first-order valence-corrected chi connectivity index (χ1v) is 13.0. The number of aryl methyl sites for hydroxylation is 1. The van der Waals surface area contributed by atoms with Gasteiger partial charge in [0.25, 0.3) is 5.91 Å². The van der Waals surface area contributed by atoms with Crippen LogP contribution in [0.3, 0.4) is 0 Å². The van der Waals surface area contributed by atoms with Gasteiger partial charge in [0.2, 0.25) is 5.91 Å². The molecule has 3 aromatic rings. The minimum Gasteiger partial charge on any atom is -0.368 e. The van der Waals surface area contributed by atoms with E-state index >= 15 is 0 Å². The van der Waals surface area contributed by atoms with E-state index in [2.05, 4.69) is 9.89 Å². The lowest BCUT2D eigenvalue weighted by molar-refractivity contribution is -0.128. The molecule has 0 atom stereocenters. The maximum atomic E-state index is 13.4. The number of amides is 2. The molecule has 0 aliphatic carbocycles. The molecule has 8 nitrogen and oxygen atoms in total. The lowest BCUT2D eigenvalue weighted by Gasteiger charge is -2.36. The molecule has 1 aromatic heterocycles. The van der Waals surface area contributed by atoms with Gasteiger partial charge in [-0.2, -0.15) is 4.99 Å². The minimum absolute atomic E-state index is 0.263. The molecule has 4 rings (SSSR count). The number of anilines is 1. The van der Waals surface area contributed by atoms with E-state index in [0.717, 1.165) is 17.0 Å². The SMILES string of the molecule is Cn1c(=NC(=O)CS(=O)(=O)CC(=O)N2CCN(c3ccccc3)CC2)sc2cc(F)ccc21. The highest BCUT2D eigenvalue weighted by atomic mass is 32.2. The summed E-state index contributed by atoms with van der Waals surface area (Å²) in [6.07, 6.45) is 0. The Morgan fingerprint density at radius 3 is 2.42 bits per heavy atom. The van der Waals surface area contributed by atoms with Crippen molar-refractivity contribution in [3.8, 4) is 0 Å². The maximum absolute atomic E-state index is 13.4. The molecule has 1 aliphatic rings. The summed E-state index contributed by atoms with van der Waals surface area (Å²) in [6.45, 7) is 2.03. The molecule has 0 unspecified atom stereocenters. The molecule has 1 aliphatic heterocycles. The van der Waals surface area contributed by atoms with E-state index in [0.29, 0.717) is 36.4 Å². The summed E-state index contributed by atoms with van der Waals surface area (Å²) in [5.41, 5.74) is 1.74. The largest absolute Gasteiger partial charge is 0.368 e. The number of aromatic nitrogens is 1. The summed E-state index contributed by atoms with van der Waals surface area (Å²) < 4.78 is 40.6. The molecule has 0 spiro atoms. The van der Waals surface area contributed by atoms with Crippen LogP contribution in [0.2, 0.25) is 0 Å². The highest BCUT2D eigenvalue weighted by Crippen LogP contribution is 2.18. The van der Waals surface area contributed by atoms with Gasteiger partial charge in [0.1, 0.15) is 17.3 Å². The van der Waals surface area contributed by atoms with Crippen LogP contribution >= 0.6 is 11.3 Å². The Kier molecular flexibility index (Phi) is 6.61. The molecule has 2 amide bonds. The van der Waals surface area contributed by atoms with Crippen LogP contribution in [-0.2, 0) is 26.5 Å². The van der Waals surface area contributed by atoms with E-state index in [1.165, 1.54) is 17.0 Å². The number of benzene rings is 2. The fourth-order valence-electron chi connectivity index (χ4n) is 3.72. The zero-order valence-corrected chi connectivity index (χ0v) is 19.6. The van der Waals surface area contributed by atoms with Gasteiger partial charge in [-0.3, -0.25) is 9.59 Å². The summed E-state index contributed by atoms with van der Waals surface area (Å²) in [6, 6.07) is 14.0. The van der Waals surface area contributed by atoms with Gasteiger partial charge in [0.15, 0.2) is 14.6 Å². The third kappa shape index (κ3) is 5.48. The summed E-state index contributed by atoms with van der Waals surface area (Å²) in [5.74, 6) is -3.38. The van der Waals surface area contributed by atoms with Gasteiger partial charge in [-0.25, -0.2) is 12.8 Å². The maximum Gasteiger partial charge on any atom is 0.263 e. The number of carbonyl (C=O) groups is 2. The van der Waals surface area contributed by atoms with Gasteiger partial charge in [-0.15, -0.1) is 0 Å². The second kappa shape index (κ2) is 9.44. The number of halogens is 1. The van der Waals surface area contributed by atoms with Crippen molar-refractivity contribution in [1.29, 1.82) is 0 Å². The normalized spacial score (nSPS) is 15.3. The first-order chi connectivity index (χ1) is 15.7. The van der Waals surface area contributed by atoms with Crippen LogP contribution in [0, 0.1) is 5.82 Å². The lowest BCUT2D eigenvalue weighted by atomic mass is 10.2. The molecule has 2 aromatic carbocycles. The quantitative estimate of drug-likeness (QED) is 0.542. The topological polar surface area (TPSA) is 92.0 Å². The molecule has 2 heterocycles. The zero-order valence-electron chi connectivity index (χ0n) is 18.0. The number of carbonyl (C=O) groups excluding carboxylic acids is 2. The van der Waals surface area contributed by atoms with Gasteiger partial charge < -0.3 is 14.4 Å². The first-order valence-electron chi connectivity index (χ1n) is 10.3. The molecule has 174 valence electrons. The number of sulfone groups is 1. The van der Waals surface area contributed by atoms with E-state index in [9.17, 15) is 22.4 Å². The molecule has 0 saturated carbocycles. The minimum atomic E-state index is -3.98. The van der Waals surface area contributed by atoms with Crippen molar-refractivity contribution in [1.82, 2.24) is 9.47 Å². The Balaban J connectivity index is 1.37. The highest BCUT2D eigenvalue weighted by molar-refractivity contribution is 7.92. The average molecular weight is 491 g/mol. The predicted molar refractivity (Wildman–Crippen MR) is 125 cm³/mol. The molecule has 0 N–H and O–H groups in total. The highest BCUT2D eigenvalue weighted by Gasteiger charge is 2.27. The Hall–Kier alpha value is -3.05. The molecule has 33 heavy (non-hydrogen) atoms. The van der Waals surface area contributed by atoms with Gasteiger partial charge in [0, 0.05) is 38.9 Å². The second-order valence-electron chi connectivity index (χ2n) is 7.80. The van der Waals surface area contributed by atoms with Crippen LogP contribution in [0.4, 0.5) is 10.1 Å². The van der Waals surface area contributed by atoms with Crippen molar-refractivity contribution in [2.24, 2.45) is 12.0 Å². The van der Waals surface area contributed by atoms with Gasteiger partial charge in [-0.05, 0) is 30.3 Å². The average Bonchev–Trinajstić information content (AvgIpc) is 3.07. The molecule has 1 saturated heterocycles. The van der Waals surface area contributed by atoms with Gasteiger partial charge in [-0.1, -0.05) is 29.5 Å². The number of nitrogens with zero attached hydrogens (tertiary/aromatic N) is 4. The Morgan fingerprint density at radius 1 is 1.03 bits per heavy atom. The summed E-state index contributed by atoms with van der Waals surface area (Å²) in [7, 11) is -2.31. The standard InChI is InChI=1S/C22H23FN4O4S2/c1-25-18-8-7-16(23)13-19(18)32-22(25)24-20(28)14-33(30,31)15-21(29)27-11-9-26(10-12-27)17-5-3-2-4-6-17/h2-8,13H,9-12,14-15H2,1H3. The van der Waals surface area contributed by atoms with E-state index in [1.54, 1.807) is 17.7 Å². The fourth-order valence-corrected chi connectivity index (χ4v) is 5.89. The van der Waals surface area contributed by atoms with Crippen LogP contribution in [0.1, 0.15) is 0 Å². The number of fused-ring (bicyclic) bond motifs is 1. The van der Waals surface area contributed by atoms with Crippen LogP contribution in [-0.4, -0.2) is 67.4 Å². The summed E-state index contributed by atoms with van der Waals surface area (Å²) >= 11 is 1.09. The Bertz CT molecular complexity index is 1360. The molecular formula is C22H23FN4O4S2. The van der Waals surface area contributed by atoms with Crippen molar-refractivity contribution in [3.63, 3.8) is 0 Å². The number of hydrogen-bond donors (Lipinski definition) is 0. The van der Waals surface area contributed by atoms with Gasteiger partial charge >= 0.3 is 0 Å². The molecular weight excluding hydrogens is 467 g/mol. The van der Waals surface area contributed by atoms with Crippen molar-refractivity contribution < 1.29 is 22.4 Å². The molecule has 1 fully saturated rings. The van der Waals surface area contributed by atoms with Crippen molar-refractivity contribution in [2.45, 2.75) is 0 Å². The Labute approximate surface area is 194 Å². The van der Waals surface area contributed by atoms with Crippen LogP contribution in [0.5, 0.6) is 0 Å². The smallest absolute Gasteiger partial charge is 0.263 e. The van der Waals surface area contributed by atoms with E-state index in [1.807, 2.05) is 30.3 Å². The van der Waals surface area contributed by atoms with E-state index in [4.69, 9.17) is 0 Å². The molecule has 0 radical (unpaired) electrons. The van der Waals surface area contributed by atoms with Crippen molar-refractivity contribution in [2.75, 3.05) is 42.6 Å². The lowest BCUT2D eigenvalue weighted by Crippen LogP contribution is -2.50. The first kappa shape index (κ1) is 23.1. The number of para-hydroxylation sites is 1. The molecule has 11 heteroatoms. The van der Waals surface area contributed by atoms with Crippen LogP contribution in [0.25, 0.3) is 10.2 Å².